The van der Waals surface area contributed by atoms with Crippen LogP contribution in [0.25, 0.3) is 0 Å². The third-order valence-corrected chi connectivity index (χ3v) is 3.62. The summed E-state index contributed by atoms with van der Waals surface area (Å²) in [6.07, 6.45) is -1.76. The standard InChI is InChI=1S/C17H15F3O/c18-17(19,20)21-16-4-2-1-3-15(16)11-12-5-7-13(8-6-12)14-9-10-14/h1-8,14H,9-11H2. The van der Waals surface area contributed by atoms with Gasteiger partial charge < -0.3 is 4.74 Å². The van der Waals surface area contributed by atoms with Crippen molar-refractivity contribution in [3.05, 3.63) is 65.2 Å². The van der Waals surface area contributed by atoms with Gasteiger partial charge in [0.15, 0.2) is 0 Å². The lowest BCUT2D eigenvalue weighted by atomic mass is 10.0. The zero-order valence-corrected chi connectivity index (χ0v) is 11.4. The molecule has 1 aliphatic rings. The highest BCUT2D eigenvalue weighted by Gasteiger charge is 2.32. The third-order valence-electron chi connectivity index (χ3n) is 3.62. The number of benzene rings is 2. The summed E-state index contributed by atoms with van der Waals surface area (Å²) >= 11 is 0. The van der Waals surface area contributed by atoms with Gasteiger partial charge in [0.25, 0.3) is 0 Å². The number of alkyl halides is 3. The number of hydrogen-bond acceptors (Lipinski definition) is 1. The molecule has 2 aromatic rings. The molecule has 0 N–H and O–H groups in total. The number of rotatable bonds is 4. The lowest BCUT2D eigenvalue weighted by Crippen LogP contribution is -2.18. The zero-order valence-electron chi connectivity index (χ0n) is 11.4. The van der Waals surface area contributed by atoms with E-state index in [9.17, 15) is 13.2 Å². The molecule has 0 aromatic heterocycles. The highest BCUT2D eigenvalue weighted by Crippen LogP contribution is 2.40. The highest BCUT2D eigenvalue weighted by atomic mass is 19.4. The fourth-order valence-corrected chi connectivity index (χ4v) is 2.42. The summed E-state index contributed by atoms with van der Waals surface area (Å²) in [5, 5.41) is 0. The molecule has 0 saturated heterocycles. The van der Waals surface area contributed by atoms with Crippen LogP contribution in [0.1, 0.15) is 35.4 Å². The van der Waals surface area contributed by atoms with Crippen molar-refractivity contribution in [1.82, 2.24) is 0 Å². The van der Waals surface area contributed by atoms with Crippen molar-refractivity contribution in [2.24, 2.45) is 0 Å². The normalized spacial score (nSPS) is 15.0. The molecule has 4 heteroatoms. The minimum atomic E-state index is -4.66. The number of ether oxygens (including phenoxy) is 1. The molecule has 0 heterocycles. The smallest absolute Gasteiger partial charge is 0.405 e. The molecule has 1 aliphatic carbocycles. The van der Waals surface area contributed by atoms with Crippen LogP contribution in [0.15, 0.2) is 48.5 Å². The van der Waals surface area contributed by atoms with Crippen molar-refractivity contribution < 1.29 is 17.9 Å². The molecule has 21 heavy (non-hydrogen) atoms. The van der Waals surface area contributed by atoms with E-state index in [1.807, 2.05) is 12.1 Å². The highest BCUT2D eigenvalue weighted by molar-refractivity contribution is 5.38. The first kappa shape index (κ1) is 14.0. The van der Waals surface area contributed by atoms with Gasteiger partial charge in [0.05, 0.1) is 0 Å². The van der Waals surface area contributed by atoms with Gasteiger partial charge in [0, 0.05) is 6.42 Å². The first-order valence-corrected chi connectivity index (χ1v) is 6.94. The van der Waals surface area contributed by atoms with E-state index in [1.54, 1.807) is 18.2 Å². The van der Waals surface area contributed by atoms with Gasteiger partial charge in [-0.15, -0.1) is 13.2 Å². The van der Waals surface area contributed by atoms with E-state index < -0.39 is 6.36 Å². The van der Waals surface area contributed by atoms with Crippen LogP contribution in [0.4, 0.5) is 13.2 Å². The first-order chi connectivity index (χ1) is 10.0. The SMILES string of the molecule is FC(F)(F)Oc1ccccc1Cc1ccc(C2CC2)cc1. The minimum absolute atomic E-state index is 0.128. The third kappa shape index (κ3) is 3.78. The lowest BCUT2D eigenvalue weighted by molar-refractivity contribution is -0.274. The van der Waals surface area contributed by atoms with E-state index >= 15 is 0 Å². The van der Waals surface area contributed by atoms with Crippen LogP contribution in [0.5, 0.6) is 5.75 Å². The second kappa shape index (κ2) is 5.43. The van der Waals surface area contributed by atoms with Gasteiger partial charge in [-0.2, -0.15) is 0 Å². The lowest BCUT2D eigenvalue weighted by Gasteiger charge is -2.13. The molecule has 0 bridgehead atoms. The molecule has 110 valence electrons. The molecule has 3 rings (SSSR count). The summed E-state index contributed by atoms with van der Waals surface area (Å²) in [7, 11) is 0. The Labute approximate surface area is 121 Å². The van der Waals surface area contributed by atoms with E-state index in [4.69, 9.17) is 0 Å². The topological polar surface area (TPSA) is 9.23 Å². The van der Waals surface area contributed by atoms with Crippen molar-refractivity contribution in [2.45, 2.75) is 31.5 Å². The Hall–Kier alpha value is -1.97. The molecule has 0 aliphatic heterocycles. The summed E-state index contributed by atoms with van der Waals surface area (Å²) in [4.78, 5) is 0. The Morgan fingerprint density at radius 2 is 1.62 bits per heavy atom. The molecular formula is C17H15F3O. The average molecular weight is 292 g/mol. The van der Waals surface area contributed by atoms with E-state index in [0.717, 1.165) is 5.56 Å². The molecule has 1 saturated carbocycles. The fourth-order valence-electron chi connectivity index (χ4n) is 2.42. The Morgan fingerprint density at radius 1 is 0.952 bits per heavy atom. The molecule has 0 radical (unpaired) electrons. The number of hydrogen-bond donors (Lipinski definition) is 0. The van der Waals surface area contributed by atoms with Crippen molar-refractivity contribution in [2.75, 3.05) is 0 Å². The maximum atomic E-state index is 12.4. The summed E-state index contributed by atoms with van der Waals surface area (Å²) in [6.45, 7) is 0. The predicted octanol–water partition coefficient (Wildman–Crippen LogP) is 5.05. The van der Waals surface area contributed by atoms with Gasteiger partial charge in [-0.1, -0.05) is 42.5 Å². The Balaban J connectivity index is 1.77. The second-order valence-electron chi connectivity index (χ2n) is 5.35. The van der Waals surface area contributed by atoms with Crippen LogP contribution in [0, 0.1) is 0 Å². The van der Waals surface area contributed by atoms with Crippen LogP contribution < -0.4 is 4.74 Å². The van der Waals surface area contributed by atoms with E-state index in [0.29, 0.717) is 17.9 Å². The summed E-state index contributed by atoms with van der Waals surface area (Å²) in [5.41, 5.74) is 2.84. The first-order valence-electron chi connectivity index (χ1n) is 6.94. The van der Waals surface area contributed by atoms with Crippen molar-refractivity contribution in [3.63, 3.8) is 0 Å². The molecule has 1 fully saturated rings. The Morgan fingerprint density at radius 3 is 2.24 bits per heavy atom. The van der Waals surface area contributed by atoms with Gasteiger partial charge in [-0.05, 0) is 41.5 Å². The molecule has 0 unspecified atom stereocenters. The fraction of sp³-hybridized carbons (Fsp3) is 0.294. The van der Waals surface area contributed by atoms with E-state index in [1.165, 1.54) is 24.5 Å². The monoisotopic (exact) mass is 292 g/mol. The Bertz CT molecular complexity index is 613. The van der Waals surface area contributed by atoms with Crippen LogP contribution in [0.3, 0.4) is 0 Å². The predicted molar refractivity (Wildman–Crippen MR) is 74.3 cm³/mol. The van der Waals surface area contributed by atoms with Gasteiger partial charge in [-0.3, -0.25) is 0 Å². The van der Waals surface area contributed by atoms with Crippen LogP contribution in [-0.2, 0) is 6.42 Å². The van der Waals surface area contributed by atoms with E-state index in [2.05, 4.69) is 16.9 Å². The number of halogens is 3. The zero-order chi connectivity index (χ0) is 14.9. The van der Waals surface area contributed by atoms with Crippen molar-refractivity contribution >= 4 is 0 Å². The summed E-state index contributed by atoms with van der Waals surface area (Å²) < 4.78 is 41.2. The van der Waals surface area contributed by atoms with Gasteiger partial charge >= 0.3 is 6.36 Å². The number of para-hydroxylation sites is 1. The van der Waals surface area contributed by atoms with Crippen LogP contribution in [-0.4, -0.2) is 6.36 Å². The van der Waals surface area contributed by atoms with Crippen LogP contribution in [0.2, 0.25) is 0 Å². The van der Waals surface area contributed by atoms with Gasteiger partial charge in [0.2, 0.25) is 0 Å². The van der Waals surface area contributed by atoms with E-state index in [-0.39, 0.29) is 5.75 Å². The Kier molecular flexibility index (Phi) is 3.62. The molecule has 0 amide bonds. The largest absolute Gasteiger partial charge is 0.573 e. The molecule has 2 aromatic carbocycles. The molecule has 0 spiro atoms. The molecule has 0 atom stereocenters. The maximum Gasteiger partial charge on any atom is 0.573 e. The van der Waals surface area contributed by atoms with Gasteiger partial charge in [-0.25, -0.2) is 0 Å². The van der Waals surface area contributed by atoms with Crippen LogP contribution >= 0.6 is 0 Å². The van der Waals surface area contributed by atoms with Crippen molar-refractivity contribution in [1.29, 1.82) is 0 Å². The molecular weight excluding hydrogens is 277 g/mol. The molecule has 1 nitrogen and oxygen atoms in total. The summed E-state index contributed by atoms with van der Waals surface area (Å²) in [6, 6.07) is 14.4. The van der Waals surface area contributed by atoms with Crippen molar-refractivity contribution in [3.8, 4) is 5.75 Å². The second-order valence-corrected chi connectivity index (χ2v) is 5.35. The van der Waals surface area contributed by atoms with Gasteiger partial charge in [0.1, 0.15) is 5.75 Å². The average Bonchev–Trinajstić information content (AvgIpc) is 3.25. The maximum absolute atomic E-state index is 12.4. The minimum Gasteiger partial charge on any atom is -0.405 e. The quantitative estimate of drug-likeness (QED) is 0.766. The summed E-state index contributed by atoms with van der Waals surface area (Å²) in [5.74, 6) is 0.552.